The van der Waals surface area contributed by atoms with Gasteiger partial charge in [0.25, 0.3) is 10.0 Å². The summed E-state index contributed by atoms with van der Waals surface area (Å²) in [6, 6.07) is 0. The normalized spacial score (nSPS) is 17.7. The molecule has 0 saturated heterocycles. The van der Waals surface area contributed by atoms with Crippen LogP contribution in [-0.4, -0.2) is 41.0 Å². The second-order valence-electron chi connectivity index (χ2n) is 5.06. The molecule has 112 valence electrons. The molecule has 1 aliphatic carbocycles. The number of nitrogens with one attached hydrogen (secondary N) is 1. The van der Waals surface area contributed by atoms with Crippen molar-refractivity contribution in [3.8, 4) is 0 Å². The summed E-state index contributed by atoms with van der Waals surface area (Å²) in [7, 11) is -2.30. The average molecular weight is 367 g/mol. The van der Waals surface area contributed by atoms with E-state index in [0.717, 1.165) is 11.1 Å². The maximum atomic E-state index is 12.2. The zero-order valence-corrected chi connectivity index (χ0v) is 13.2. The predicted octanol–water partition coefficient (Wildman–Crippen LogP) is 0.501. The quantitative estimate of drug-likeness (QED) is 0.757. The summed E-state index contributed by atoms with van der Waals surface area (Å²) in [4.78, 5) is 10.9. The average Bonchev–Trinajstić information content (AvgIpc) is 2.62. The van der Waals surface area contributed by atoms with Gasteiger partial charge in [-0.15, -0.1) is 5.10 Å². The fourth-order valence-corrected chi connectivity index (χ4v) is 4.58. The van der Waals surface area contributed by atoms with E-state index in [1.165, 1.54) is 7.05 Å². The smallest absolute Gasteiger partial charge is 0.303 e. The van der Waals surface area contributed by atoms with Gasteiger partial charge in [0.1, 0.15) is 0 Å². The van der Waals surface area contributed by atoms with Crippen molar-refractivity contribution in [3.05, 3.63) is 4.60 Å². The molecule has 1 heterocycles. The largest absolute Gasteiger partial charge is 0.481 e. The van der Waals surface area contributed by atoms with Gasteiger partial charge in [0, 0.05) is 13.6 Å². The van der Waals surface area contributed by atoms with Gasteiger partial charge in [-0.3, -0.25) is 4.79 Å². The van der Waals surface area contributed by atoms with Crippen LogP contribution in [0, 0.1) is 5.41 Å². The Morgan fingerprint density at radius 2 is 2.20 bits per heavy atom. The van der Waals surface area contributed by atoms with Crippen molar-refractivity contribution in [2.24, 2.45) is 12.5 Å². The minimum absolute atomic E-state index is 0.0275. The third kappa shape index (κ3) is 3.01. The Morgan fingerprint density at radius 3 is 2.60 bits per heavy atom. The number of sulfonamides is 1. The minimum atomic E-state index is -3.78. The number of hydrogen-bond acceptors (Lipinski definition) is 5. The first-order chi connectivity index (χ1) is 9.26. The Labute approximate surface area is 124 Å². The number of rotatable bonds is 6. The number of halogens is 1. The molecule has 0 unspecified atom stereocenters. The molecule has 0 atom stereocenters. The zero-order chi connectivity index (χ0) is 15.0. The van der Waals surface area contributed by atoms with Gasteiger partial charge < -0.3 is 5.11 Å². The maximum Gasteiger partial charge on any atom is 0.303 e. The number of carbonyl (C=O) groups is 1. The molecule has 0 spiro atoms. The highest BCUT2D eigenvalue weighted by molar-refractivity contribution is 9.10. The summed E-state index contributed by atoms with van der Waals surface area (Å²) in [5.74, 6) is -0.910. The first kappa shape index (κ1) is 15.4. The summed E-state index contributed by atoms with van der Waals surface area (Å²) in [6.07, 6.45) is 2.32. The van der Waals surface area contributed by atoms with Crippen LogP contribution in [-0.2, 0) is 21.9 Å². The summed E-state index contributed by atoms with van der Waals surface area (Å²) in [5, 5.41) is 16.1. The Kier molecular flexibility index (Phi) is 4.17. The molecule has 20 heavy (non-hydrogen) atoms. The lowest BCUT2D eigenvalue weighted by molar-refractivity contribution is -0.141. The van der Waals surface area contributed by atoms with E-state index in [9.17, 15) is 13.2 Å². The minimum Gasteiger partial charge on any atom is -0.481 e. The van der Waals surface area contributed by atoms with Crippen molar-refractivity contribution in [2.75, 3.05) is 6.54 Å². The molecule has 0 aliphatic heterocycles. The van der Waals surface area contributed by atoms with Crippen LogP contribution < -0.4 is 4.72 Å². The third-order valence-corrected chi connectivity index (χ3v) is 5.86. The molecule has 0 aromatic carbocycles. The molecule has 2 N–H and O–H groups in total. The Morgan fingerprint density at radius 1 is 1.55 bits per heavy atom. The van der Waals surface area contributed by atoms with Crippen LogP contribution in [0.3, 0.4) is 0 Å². The molecule has 1 aromatic heterocycles. The fraction of sp³-hybridized carbons (Fsp3) is 0.700. The molecule has 2 rings (SSSR count). The lowest BCUT2D eigenvalue weighted by Gasteiger charge is -2.40. The van der Waals surface area contributed by atoms with Gasteiger partial charge in [0.05, 0.1) is 6.42 Å². The number of aromatic nitrogens is 3. The van der Waals surface area contributed by atoms with Crippen LogP contribution in [0.2, 0.25) is 0 Å². The SMILES string of the molecule is Cn1nnc(Br)c1S(=O)(=O)NCC1(CC(=O)O)CCC1. The van der Waals surface area contributed by atoms with Crippen LogP contribution in [0.1, 0.15) is 25.7 Å². The van der Waals surface area contributed by atoms with Crippen molar-refractivity contribution in [2.45, 2.75) is 30.7 Å². The van der Waals surface area contributed by atoms with Gasteiger partial charge in [0.15, 0.2) is 4.60 Å². The maximum absolute atomic E-state index is 12.2. The molecule has 8 nitrogen and oxygen atoms in total. The summed E-state index contributed by atoms with van der Waals surface area (Å²) in [5.41, 5.74) is -0.475. The van der Waals surface area contributed by atoms with E-state index in [-0.39, 0.29) is 22.6 Å². The van der Waals surface area contributed by atoms with E-state index in [2.05, 4.69) is 31.0 Å². The van der Waals surface area contributed by atoms with Crippen molar-refractivity contribution >= 4 is 31.9 Å². The van der Waals surface area contributed by atoms with E-state index >= 15 is 0 Å². The van der Waals surface area contributed by atoms with Gasteiger partial charge in [-0.05, 0) is 34.2 Å². The topological polar surface area (TPSA) is 114 Å². The molecule has 0 radical (unpaired) electrons. The van der Waals surface area contributed by atoms with Crippen molar-refractivity contribution in [1.82, 2.24) is 19.7 Å². The highest BCUT2D eigenvalue weighted by atomic mass is 79.9. The predicted molar refractivity (Wildman–Crippen MR) is 72.4 cm³/mol. The zero-order valence-electron chi connectivity index (χ0n) is 10.8. The second-order valence-corrected chi connectivity index (χ2v) is 7.49. The lowest BCUT2D eigenvalue weighted by atomic mass is 9.67. The van der Waals surface area contributed by atoms with E-state index in [1.807, 2.05) is 0 Å². The van der Waals surface area contributed by atoms with Gasteiger partial charge in [-0.2, -0.15) is 0 Å². The Bertz CT molecular complexity index is 604. The number of carboxylic acids is 1. The molecule has 10 heteroatoms. The van der Waals surface area contributed by atoms with E-state index in [1.54, 1.807) is 0 Å². The van der Waals surface area contributed by atoms with Crippen molar-refractivity contribution < 1.29 is 18.3 Å². The number of carboxylic acid groups (broad SMARTS) is 1. The molecule has 1 saturated carbocycles. The highest BCUT2D eigenvalue weighted by Crippen LogP contribution is 2.43. The summed E-state index contributed by atoms with van der Waals surface area (Å²) in [6.45, 7) is 0.110. The lowest BCUT2D eigenvalue weighted by Crippen LogP contribution is -2.43. The molecule has 1 fully saturated rings. The molecular weight excluding hydrogens is 352 g/mol. The summed E-state index contributed by atoms with van der Waals surface area (Å²) < 4.78 is 28.2. The molecule has 0 bridgehead atoms. The highest BCUT2D eigenvalue weighted by Gasteiger charge is 2.40. The first-order valence-corrected chi connectivity index (χ1v) is 8.30. The molecule has 0 amide bonds. The summed E-state index contributed by atoms with van der Waals surface area (Å²) >= 11 is 3.04. The van der Waals surface area contributed by atoms with E-state index in [0.29, 0.717) is 12.8 Å². The molecule has 1 aliphatic rings. The van der Waals surface area contributed by atoms with Crippen LogP contribution in [0.4, 0.5) is 0 Å². The van der Waals surface area contributed by atoms with Gasteiger partial charge in [-0.1, -0.05) is 11.6 Å². The molecular formula is C10H15BrN4O4S. The first-order valence-electron chi connectivity index (χ1n) is 6.02. The number of aryl methyl sites for hydroxylation is 1. The number of nitrogens with zero attached hydrogens (tertiary/aromatic N) is 3. The fourth-order valence-electron chi connectivity index (χ4n) is 2.34. The van der Waals surface area contributed by atoms with Gasteiger partial charge in [-0.25, -0.2) is 17.8 Å². The monoisotopic (exact) mass is 366 g/mol. The number of aliphatic carboxylic acids is 1. The third-order valence-electron chi connectivity index (χ3n) is 3.57. The van der Waals surface area contributed by atoms with Crippen LogP contribution in [0.25, 0.3) is 0 Å². The van der Waals surface area contributed by atoms with Crippen LogP contribution in [0.5, 0.6) is 0 Å². The van der Waals surface area contributed by atoms with Crippen molar-refractivity contribution in [3.63, 3.8) is 0 Å². The van der Waals surface area contributed by atoms with Gasteiger partial charge >= 0.3 is 5.97 Å². The van der Waals surface area contributed by atoms with Crippen LogP contribution >= 0.6 is 15.9 Å². The molecule has 1 aromatic rings. The Hall–Kier alpha value is -1.00. The second kappa shape index (κ2) is 5.41. The number of hydrogen-bond donors (Lipinski definition) is 2. The standard InChI is InChI=1S/C10H15BrN4O4S/c1-15-9(8(11)13-14-15)20(18,19)12-6-10(3-2-4-10)5-7(16)17/h12H,2-6H2,1H3,(H,16,17). The van der Waals surface area contributed by atoms with Gasteiger partial charge in [0.2, 0.25) is 5.03 Å². The van der Waals surface area contributed by atoms with E-state index < -0.39 is 21.4 Å². The van der Waals surface area contributed by atoms with Crippen molar-refractivity contribution in [1.29, 1.82) is 0 Å². The van der Waals surface area contributed by atoms with Crippen LogP contribution in [0.15, 0.2) is 9.63 Å². The Balaban J connectivity index is 2.12. The van der Waals surface area contributed by atoms with E-state index in [4.69, 9.17) is 5.11 Å².